The molecule has 0 saturated carbocycles. The maximum Gasteiger partial charge on any atom is 0.411 e. The molecule has 0 aliphatic rings. The third kappa shape index (κ3) is 4.96. The number of carbonyl (C=O) groups excluding carboxylic acids is 2. The van der Waals surface area contributed by atoms with Gasteiger partial charge in [-0.2, -0.15) is 0 Å². The molecule has 92 valence electrons. The Kier molecular flexibility index (Phi) is 5.21. The lowest BCUT2D eigenvalue weighted by Gasteiger charge is -2.29. The van der Waals surface area contributed by atoms with Gasteiger partial charge in [0.25, 0.3) is 0 Å². The number of hydrogen-bond donors (Lipinski definition) is 0. The number of hydrogen-bond acceptors (Lipinski definition) is 3. The normalized spacial score (nSPS) is 12.8. The molecular formula is C12H21NO3. The molecular weight excluding hydrogens is 206 g/mol. The van der Waals surface area contributed by atoms with Gasteiger partial charge in [-0.15, -0.1) is 6.58 Å². The molecule has 0 rings (SSSR count). The first kappa shape index (κ1) is 14.7. The summed E-state index contributed by atoms with van der Waals surface area (Å²) < 4.78 is 5.21. The van der Waals surface area contributed by atoms with Crippen LogP contribution < -0.4 is 0 Å². The molecule has 0 radical (unpaired) electrons. The van der Waals surface area contributed by atoms with Crippen molar-refractivity contribution in [3.05, 3.63) is 12.7 Å². The summed E-state index contributed by atoms with van der Waals surface area (Å²) in [5.41, 5.74) is -0.562. The van der Waals surface area contributed by atoms with E-state index in [1.54, 1.807) is 33.8 Å². The third-order valence-corrected chi connectivity index (χ3v) is 2.01. The zero-order valence-corrected chi connectivity index (χ0v) is 10.7. The Balaban J connectivity index is 4.71. The smallest absolute Gasteiger partial charge is 0.411 e. The Hall–Kier alpha value is -1.32. The van der Waals surface area contributed by atoms with Gasteiger partial charge in [0, 0.05) is 6.54 Å². The van der Waals surface area contributed by atoms with Crippen molar-refractivity contribution in [1.82, 2.24) is 4.90 Å². The third-order valence-electron chi connectivity index (χ3n) is 2.01. The maximum absolute atomic E-state index is 11.8. The zero-order chi connectivity index (χ0) is 12.9. The molecule has 0 fully saturated rings. The lowest BCUT2D eigenvalue weighted by molar-refractivity contribution is -0.121. The highest BCUT2D eigenvalue weighted by Crippen LogP contribution is 2.12. The second-order valence-corrected chi connectivity index (χ2v) is 4.71. The average molecular weight is 227 g/mol. The van der Waals surface area contributed by atoms with Crippen molar-refractivity contribution in [3.63, 3.8) is 0 Å². The molecule has 0 aliphatic carbocycles. The van der Waals surface area contributed by atoms with E-state index in [-0.39, 0.29) is 5.78 Å². The molecule has 0 aromatic heterocycles. The van der Waals surface area contributed by atoms with Crippen LogP contribution in [-0.4, -0.2) is 35.0 Å². The van der Waals surface area contributed by atoms with Gasteiger partial charge in [-0.1, -0.05) is 6.08 Å². The van der Waals surface area contributed by atoms with Crippen molar-refractivity contribution in [2.24, 2.45) is 0 Å². The quantitative estimate of drug-likeness (QED) is 0.693. The molecule has 4 heteroatoms. The topological polar surface area (TPSA) is 46.6 Å². The van der Waals surface area contributed by atoms with Crippen LogP contribution >= 0.6 is 0 Å². The van der Waals surface area contributed by atoms with E-state index in [1.807, 2.05) is 0 Å². The van der Waals surface area contributed by atoms with Crippen LogP contribution in [0.3, 0.4) is 0 Å². The Morgan fingerprint density at radius 3 is 2.25 bits per heavy atom. The second kappa shape index (κ2) is 5.68. The van der Waals surface area contributed by atoms with Crippen molar-refractivity contribution in [1.29, 1.82) is 0 Å². The molecule has 0 unspecified atom stereocenters. The highest BCUT2D eigenvalue weighted by molar-refractivity contribution is 5.85. The van der Waals surface area contributed by atoms with E-state index in [9.17, 15) is 9.59 Å². The fraction of sp³-hybridized carbons (Fsp3) is 0.667. The van der Waals surface area contributed by atoms with Crippen LogP contribution in [0.2, 0.25) is 0 Å². The minimum Gasteiger partial charge on any atom is -0.444 e. The van der Waals surface area contributed by atoms with Crippen molar-refractivity contribution in [2.45, 2.75) is 46.3 Å². The monoisotopic (exact) mass is 227 g/mol. The summed E-state index contributed by atoms with van der Waals surface area (Å²) >= 11 is 0. The molecule has 0 spiro atoms. The average Bonchev–Trinajstić information content (AvgIpc) is 2.09. The van der Waals surface area contributed by atoms with Gasteiger partial charge >= 0.3 is 6.09 Å². The molecule has 0 N–H and O–H groups in total. The Morgan fingerprint density at radius 1 is 1.44 bits per heavy atom. The highest BCUT2D eigenvalue weighted by Gasteiger charge is 2.27. The van der Waals surface area contributed by atoms with E-state index in [4.69, 9.17) is 4.74 Å². The van der Waals surface area contributed by atoms with Crippen LogP contribution in [0.1, 0.15) is 34.6 Å². The van der Waals surface area contributed by atoms with Gasteiger partial charge in [-0.25, -0.2) is 4.79 Å². The first-order chi connectivity index (χ1) is 7.19. The number of ketones is 1. The molecule has 1 atom stereocenters. The largest absolute Gasteiger partial charge is 0.444 e. The van der Waals surface area contributed by atoms with Crippen LogP contribution in [0.5, 0.6) is 0 Å². The SMILES string of the molecule is C=CCN(C(=O)OC(C)(C)C)[C@@H](C)C(C)=O. The summed E-state index contributed by atoms with van der Waals surface area (Å²) in [5.74, 6) is -0.0762. The van der Waals surface area contributed by atoms with Crippen molar-refractivity contribution < 1.29 is 14.3 Å². The summed E-state index contributed by atoms with van der Waals surface area (Å²) in [6.45, 7) is 12.3. The first-order valence-electron chi connectivity index (χ1n) is 5.30. The van der Waals surface area contributed by atoms with Gasteiger partial charge in [0.05, 0.1) is 6.04 Å². The summed E-state index contributed by atoms with van der Waals surface area (Å²) in [4.78, 5) is 24.4. The lowest BCUT2D eigenvalue weighted by Crippen LogP contribution is -2.45. The minimum absolute atomic E-state index is 0.0762. The van der Waals surface area contributed by atoms with Crippen LogP contribution in [-0.2, 0) is 9.53 Å². The predicted molar refractivity (Wildman–Crippen MR) is 63.3 cm³/mol. The number of carbonyl (C=O) groups is 2. The Bertz CT molecular complexity index is 278. The van der Waals surface area contributed by atoms with E-state index in [0.717, 1.165) is 0 Å². The van der Waals surface area contributed by atoms with Crippen molar-refractivity contribution in [2.75, 3.05) is 6.54 Å². The number of ether oxygens (including phenoxy) is 1. The van der Waals surface area contributed by atoms with Crippen LogP contribution in [0, 0.1) is 0 Å². The van der Waals surface area contributed by atoms with Gasteiger partial charge in [0.2, 0.25) is 0 Å². The van der Waals surface area contributed by atoms with E-state index in [1.165, 1.54) is 11.8 Å². The lowest BCUT2D eigenvalue weighted by atomic mass is 10.2. The molecule has 0 bridgehead atoms. The number of amides is 1. The van der Waals surface area contributed by atoms with E-state index in [0.29, 0.717) is 6.54 Å². The summed E-state index contributed by atoms with van der Waals surface area (Å²) in [6.07, 6.45) is 1.08. The number of nitrogens with zero attached hydrogens (tertiary/aromatic N) is 1. The first-order valence-corrected chi connectivity index (χ1v) is 5.30. The fourth-order valence-electron chi connectivity index (χ4n) is 1.07. The van der Waals surface area contributed by atoms with Crippen LogP contribution in [0.15, 0.2) is 12.7 Å². The van der Waals surface area contributed by atoms with Crippen molar-refractivity contribution >= 4 is 11.9 Å². The van der Waals surface area contributed by atoms with Gasteiger partial charge in [-0.05, 0) is 34.6 Å². The molecule has 1 amide bonds. The van der Waals surface area contributed by atoms with Gasteiger partial charge in [0.15, 0.2) is 5.78 Å². The Labute approximate surface area is 97.3 Å². The van der Waals surface area contributed by atoms with Crippen LogP contribution in [0.25, 0.3) is 0 Å². The molecule has 0 heterocycles. The highest BCUT2D eigenvalue weighted by atomic mass is 16.6. The molecule has 0 aromatic carbocycles. The molecule has 0 aliphatic heterocycles. The zero-order valence-electron chi connectivity index (χ0n) is 10.7. The van der Waals surface area contributed by atoms with Gasteiger partial charge in [0.1, 0.15) is 5.60 Å². The van der Waals surface area contributed by atoms with Crippen molar-refractivity contribution in [3.8, 4) is 0 Å². The standard InChI is InChI=1S/C12H21NO3/c1-7-8-13(9(2)10(3)14)11(15)16-12(4,5)6/h7,9H,1,8H2,2-6H3/t9-/m0/s1. The minimum atomic E-state index is -0.562. The molecule has 0 saturated heterocycles. The van der Waals surface area contributed by atoms with E-state index >= 15 is 0 Å². The summed E-state index contributed by atoms with van der Waals surface area (Å²) in [7, 11) is 0. The van der Waals surface area contributed by atoms with Gasteiger partial charge in [-0.3, -0.25) is 9.69 Å². The number of Topliss-reactive ketones (excluding diaryl/α,β-unsaturated/α-hetero) is 1. The Morgan fingerprint density at radius 2 is 1.94 bits per heavy atom. The summed E-state index contributed by atoms with van der Waals surface area (Å²) in [5, 5.41) is 0. The predicted octanol–water partition coefficient (Wildman–Crippen LogP) is 2.39. The molecule has 16 heavy (non-hydrogen) atoms. The maximum atomic E-state index is 11.8. The second-order valence-electron chi connectivity index (χ2n) is 4.71. The number of rotatable bonds is 4. The van der Waals surface area contributed by atoms with Crippen LogP contribution in [0.4, 0.5) is 4.79 Å². The fourth-order valence-corrected chi connectivity index (χ4v) is 1.07. The van der Waals surface area contributed by atoms with E-state index < -0.39 is 17.7 Å². The molecule has 4 nitrogen and oxygen atoms in total. The van der Waals surface area contributed by atoms with E-state index in [2.05, 4.69) is 6.58 Å². The van der Waals surface area contributed by atoms with Gasteiger partial charge < -0.3 is 4.74 Å². The summed E-state index contributed by atoms with van der Waals surface area (Å²) in [6, 6.07) is -0.493. The molecule has 0 aromatic rings.